The fourth-order valence-corrected chi connectivity index (χ4v) is 3.09. The highest BCUT2D eigenvalue weighted by Crippen LogP contribution is 2.40. The largest absolute Gasteiger partial charge is 0.381 e. The predicted octanol–water partition coefficient (Wildman–Crippen LogP) is 3.39. The lowest BCUT2D eigenvalue weighted by Gasteiger charge is -2.38. The van der Waals surface area contributed by atoms with Crippen molar-refractivity contribution >= 4 is 0 Å². The average molecular weight is 279 g/mol. The molecule has 0 saturated heterocycles. The number of nitrogens with zero attached hydrogens (tertiary/aromatic N) is 1. The van der Waals surface area contributed by atoms with Crippen molar-refractivity contribution in [3.05, 3.63) is 84.1 Å². The molecule has 2 aromatic rings. The third-order valence-corrected chi connectivity index (χ3v) is 4.33. The molecule has 2 aromatic carbocycles. The number of hydrogen-bond acceptors (Lipinski definition) is 2. The second-order valence-electron chi connectivity index (χ2n) is 5.72. The molecule has 0 saturated carbocycles. The van der Waals surface area contributed by atoms with E-state index < -0.39 is 5.60 Å². The molecule has 2 heteroatoms. The predicted molar refractivity (Wildman–Crippen MR) is 85.8 cm³/mol. The van der Waals surface area contributed by atoms with Crippen molar-refractivity contribution in [3.63, 3.8) is 0 Å². The Hall–Kier alpha value is -2.06. The zero-order valence-electron chi connectivity index (χ0n) is 12.3. The van der Waals surface area contributed by atoms with Gasteiger partial charge in [-0.25, -0.2) is 0 Å². The maximum Gasteiger partial charge on any atom is 0.121 e. The van der Waals surface area contributed by atoms with E-state index in [1.54, 1.807) is 0 Å². The first-order valence-corrected chi connectivity index (χ1v) is 7.43. The highest BCUT2D eigenvalue weighted by molar-refractivity contribution is 5.38. The summed E-state index contributed by atoms with van der Waals surface area (Å²) in [6.07, 6.45) is 5.14. The van der Waals surface area contributed by atoms with Gasteiger partial charge in [0.1, 0.15) is 5.60 Å². The summed E-state index contributed by atoms with van der Waals surface area (Å²) in [6.45, 7) is 0.961. The molecule has 0 bridgehead atoms. The molecule has 3 rings (SSSR count). The van der Waals surface area contributed by atoms with E-state index in [9.17, 15) is 5.11 Å². The number of aliphatic hydroxyl groups is 1. The van der Waals surface area contributed by atoms with E-state index in [4.69, 9.17) is 0 Å². The lowest BCUT2D eigenvalue weighted by atomic mass is 9.74. The first-order valence-electron chi connectivity index (χ1n) is 7.43. The van der Waals surface area contributed by atoms with Crippen molar-refractivity contribution in [1.29, 1.82) is 0 Å². The Bertz CT molecular complexity index is 566. The highest BCUT2D eigenvalue weighted by Gasteiger charge is 2.39. The summed E-state index contributed by atoms with van der Waals surface area (Å²) in [5.74, 6) is 0.0819. The standard InChI is InChI=1S/C19H21NO/c1-20-14-12-18(13-15-20)19(21,16-8-4-2-5-9-16)17-10-6-3-7-11-17/h2-12,14,18,21H,13,15H2,1H3. The van der Waals surface area contributed by atoms with Crippen LogP contribution in [0, 0.1) is 5.92 Å². The molecule has 0 spiro atoms. The Kier molecular flexibility index (Phi) is 3.80. The summed E-state index contributed by atoms with van der Waals surface area (Å²) < 4.78 is 0. The molecule has 0 radical (unpaired) electrons. The smallest absolute Gasteiger partial charge is 0.121 e. The summed E-state index contributed by atoms with van der Waals surface area (Å²) in [5, 5.41) is 11.6. The molecule has 2 nitrogen and oxygen atoms in total. The molecule has 1 N–H and O–H groups in total. The van der Waals surface area contributed by atoms with Gasteiger partial charge in [-0.1, -0.05) is 66.7 Å². The third-order valence-electron chi connectivity index (χ3n) is 4.33. The molecule has 0 amide bonds. The maximum absolute atomic E-state index is 11.6. The van der Waals surface area contributed by atoms with E-state index >= 15 is 0 Å². The molecule has 108 valence electrons. The number of benzene rings is 2. The molecule has 1 aliphatic heterocycles. The lowest BCUT2D eigenvalue weighted by Crippen LogP contribution is -2.39. The molecule has 0 aliphatic carbocycles. The van der Waals surface area contributed by atoms with Gasteiger partial charge in [0.15, 0.2) is 0 Å². The zero-order valence-corrected chi connectivity index (χ0v) is 12.3. The molecule has 0 fully saturated rings. The second kappa shape index (κ2) is 5.74. The minimum atomic E-state index is -0.972. The van der Waals surface area contributed by atoms with Gasteiger partial charge in [0.05, 0.1) is 0 Å². The van der Waals surface area contributed by atoms with E-state index in [1.165, 1.54) is 0 Å². The summed E-state index contributed by atoms with van der Waals surface area (Å²) in [7, 11) is 2.07. The monoisotopic (exact) mass is 279 g/mol. The van der Waals surface area contributed by atoms with Crippen molar-refractivity contribution in [2.45, 2.75) is 12.0 Å². The zero-order chi connectivity index (χ0) is 14.7. The van der Waals surface area contributed by atoms with Crippen LogP contribution in [0.15, 0.2) is 72.9 Å². The van der Waals surface area contributed by atoms with Crippen LogP contribution in [0.1, 0.15) is 17.5 Å². The normalized spacial score (nSPS) is 18.8. The Labute approximate surface area is 126 Å². The fourth-order valence-electron chi connectivity index (χ4n) is 3.09. The lowest BCUT2D eigenvalue weighted by molar-refractivity contribution is 0.0268. The van der Waals surface area contributed by atoms with Gasteiger partial charge < -0.3 is 10.0 Å². The van der Waals surface area contributed by atoms with Crippen LogP contribution in [0.25, 0.3) is 0 Å². The number of rotatable bonds is 3. The molecule has 1 aliphatic rings. The second-order valence-corrected chi connectivity index (χ2v) is 5.72. The molecule has 0 aromatic heterocycles. The minimum absolute atomic E-state index is 0.0819. The topological polar surface area (TPSA) is 23.5 Å². The first kappa shape index (κ1) is 13.9. The SMILES string of the molecule is CN1C=CC(C(O)(c2ccccc2)c2ccccc2)CC1. The maximum atomic E-state index is 11.6. The summed E-state index contributed by atoms with van der Waals surface area (Å²) in [5.41, 5.74) is 0.936. The Morgan fingerprint density at radius 3 is 1.90 bits per heavy atom. The van der Waals surface area contributed by atoms with Crippen LogP contribution in [-0.4, -0.2) is 23.6 Å². The number of hydrogen-bond donors (Lipinski definition) is 1. The van der Waals surface area contributed by atoms with Crippen LogP contribution in [0.5, 0.6) is 0 Å². The van der Waals surface area contributed by atoms with Gasteiger partial charge in [-0.2, -0.15) is 0 Å². The highest BCUT2D eigenvalue weighted by atomic mass is 16.3. The van der Waals surface area contributed by atoms with Crippen LogP contribution in [0.4, 0.5) is 0 Å². The van der Waals surface area contributed by atoms with Gasteiger partial charge >= 0.3 is 0 Å². The van der Waals surface area contributed by atoms with E-state index in [0.717, 1.165) is 24.1 Å². The van der Waals surface area contributed by atoms with Gasteiger partial charge in [0, 0.05) is 19.5 Å². The average Bonchev–Trinajstić information content (AvgIpc) is 2.56. The van der Waals surface area contributed by atoms with Gasteiger partial charge in [0.2, 0.25) is 0 Å². The van der Waals surface area contributed by atoms with Gasteiger partial charge in [-0.3, -0.25) is 0 Å². The van der Waals surface area contributed by atoms with E-state index in [1.807, 2.05) is 60.7 Å². The molecule has 1 unspecified atom stereocenters. The minimum Gasteiger partial charge on any atom is -0.381 e. The first-order chi connectivity index (χ1) is 10.2. The van der Waals surface area contributed by atoms with Crippen molar-refractivity contribution in [2.75, 3.05) is 13.6 Å². The Morgan fingerprint density at radius 2 is 1.48 bits per heavy atom. The van der Waals surface area contributed by atoms with Crippen LogP contribution in [0.3, 0.4) is 0 Å². The van der Waals surface area contributed by atoms with Crippen molar-refractivity contribution < 1.29 is 5.11 Å². The summed E-state index contributed by atoms with van der Waals surface area (Å²) in [4.78, 5) is 2.16. The van der Waals surface area contributed by atoms with Crippen LogP contribution in [-0.2, 0) is 5.60 Å². The van der Waals surface area contributed by atoms with Gasteiger partial charge in [-0.15, -0.1) is 0 Å². The Balaban J connectivity index is 2.10. The molecule has 21 heavy (non-hydrogen) atoms. The molecule has 1 heterocycles. The van der Waals surface area contributed by atoms with E-state index in [2.05, 4.69) is 24.2 Å². The quantitative estimate of drug-likeness (QED) is 0.931. The van der Waals surface area contributed by atoms with E-state index in [-0.39, 0.29) is 5.92 Å². The molecule has 1 atom stereocenters. The Morgan fingerprint density at radius 1 is 0.952 bits per heavy atom. The fraction of sp³-hybridized carbons (Fsp3) is 0.263. The van der Waals surface area contributed by atoms with E-state index in [0.29, 0.717) is 0 Å². The van der Waals surface area contributed by atoms with Crippen LogP contribution >= 0.6 is 0 Å². The van der Waals surface area contributed by atoms with Crippen molar-refractivity contribution in [2.24, 2.45) is 5.92 Å². The third kappa shape index (κ3) is 2.59. The van der Waals surface area contributed by atoms with Crippen molar-refractivity contribution in [1.82, 2.24) is 4.90 Å². The summed E-state index contributed by atoms with van der Waals surface area (Å²) >= 11 is 0. The van der Waals surface area contributed by atoms with Crippen LogP contribution in [0.2, 0.25) is 0 Å². The van der Waals surface area contributed by atoms with Gasteiger partial charge in [0.25, 0.3) is 0 Å². The van der Waals surface area contributed by atoms with Crippen molar-refractivity contribution in [3.8, 4) is 0 Å². The molecular formula is C19H21NO. The van der Waals surface area contributed by atoms with Crippen LogP contribution < -0.4 is 0 Å². The van der Waals surface area contributed by atoms with Gasteiger partial charge in [-0.05, 0) is 23.7 Å². The molecular weight excluding hydrogens is 258 g/mol. The summed E-state index contributed by atoms with van der Waals surface area (Å²) in [6, 6.07) is 20.0.